The molecule has 3 aliphatic rings. The zero-order chi connectivity index (χ0) is 14.1. The largest absolute Gasteiger partial charge is 0.304 e. The summed E-state index contributed by atoms with van der Waals surface area (Å²) in [5, 5.41) is 11.6. The summed E-state index contributed by atoms with van der Waals surface area (Å²) in [4.78, 5) is 4.87. The van der Waals surface area contributed by atoms with E-state index in [0.717, 1.165) is 23.6 Å². The highest BCUT2D eigenvalue weighted by atomic mass is 15.2. The summed E-state index contributed by atoms with van der Waals surface area (Å²) >= 11 is 0. The number of hydrogen-bond acceptors (Lipinski definition) is 3. The summed E-state index contributed by atoms with van der Waals surface area (Å²) in [6.45, 7) is 0. The van der Waals surface area contributed by atoms with Crippen LogP contribution in [0.25, 0.3) is 0 Å². The molecule has 1 aliphatic heterocycles. The molecule has 21 heavy (non-hydrogen) atoms. The maximum Gasteiger partial charge on any atom is 0.153 e. The Hall–Kier alpha value is -0.900. The van der Waals surface area contributed by atoms with Gasteiger partial charge in [-0.05, 0) is 44.4 Å². The van der Waals surface area contributed by atoms with Gasteiger partial charge in [0.25, 0.3) is 0 Å². The maximum atomic E-state index is 4.87. The molecule has 0 radical (unpaired) electrons. The quantitative estimate of drug-likeness (QED) is 0.869. The molecular weight excluding hydrogens is 260 g/mol. The third kappa shape index (κ3) is 2.87. The molecule has 3 unspecified atom stereocenters. The molecule has 1 aromatic rings. The molecule has 1 saturated heterocycles. The minimum absolute atomic E-state index is 0.411. The van der Waals surface area contributed by atoms with Gasteiger partial charge in [0.15, 0.2) is 5.82 Å². The van der Waals surface area contributed by atoms with Crippen LogP contribution in [0.15, 0.2) is 0 Å². The summed E-state index contributed by atoms with van der Waals surface area (Å²) in [7, 11) is 0. The highest BCUT2D eigenvalue weighted by molar-refractivity contribution is 5.05. The summed E-state index contributed by atoms with van der Waals surface area (Å²) in [5.74, 6) is 3.70. The molecule has 0 spiro atoms. The molecule has 3 fully saturated rings. The molecule has 2 aliphatic carbocycles. The number of aromatic amines is 1. The fourth-order valence-electron chi connectivity index (χ4n) is 4.70. The standard InChI is InChI=1S/C17H28N4/c1-2-7-13(8-3-1)16-19-17(21-20-16)15-11-10-12-6-4-5-9-14(12)18-15/h12-15,18H,1-11H2,(H,19,20,21). The summed E-state index contributed by atoms with van der Waals surface area (Å²) in [6.07, 6.45) is 14.8. The first kappa shape index (κ1) is 13.7. The minimum Gasteiger partial charge on any atom is -0.304 e. The predicted octanol–water partition coefficient (Wildman–Crippen LogP) is 3.84. The Bertz CT molecular complexity index is 463. The van der Waals surface area contributed by atoms with Gasteiger partial charge in [0.2, 0.25) is 0 Å². The molecule has 2 N–H and O–H groups in total. The van der Waals surface area contributed by atoms with Crippen molar-refractivity contribution in [3.63, 3.8) is 0 Å². The van der Waals surface area contributed by atoms with Crippen LogP contribution >= 0.6 is 0 Å². The van der Waals surface area contributed by atoms with Crippen LogP contribution in [0.1, 0.15) is 94.2 Å². The van der Waals surface area contributed by atoms with Crippen molar-refractivity contribution in [2.75, 3.05) is 0 Å². The molecular formula is C17H28N4. The van der Waals surface area contributed by atoms with Gasteiger partial charge in [-0.15, -0.1) is 0 Å². The van der Waals surface area contributed by atoms with Crippen molar-refractivity contribution in [2.24, 2.45) is 5.92 Å². The van der Waals surface area contributed by atoms with Crippen LogP contribution in [0.3, 0.4) is 0 Å². The zero-order valence-corrected chi connectivity index (χ0v) is 13.0. The number of hydrogen-bond donors (Lipinski definition) is 2. The Morgan fingerprint density at radius 3 is 2.52 bits per heavy atom. The third-order valence-corrected chi connectivity index (χ3v) is 5.97. The molecule has 4 heteroatoms. The number of aromatic nitrogens is 3. The highest BCUT2D eigenvalue weighted by Crippen LogP contribution is 2.36. The lowest BCUT2D eigenvalue weighted by atomic mass is 9.77. The number of rotatable bonds is 2. The second-order valence-electron chi connectivity index (χ2n) is 7.36. The summed E-state index contributed by atoms with van der Waals surface area (Å²) in [6, 6.07) is 1.13. The van der Waals surface area contributed by atoms with Gasteiger partial charge in [0.1, 0.15) is 5.82 Å². The van der Waals surface area contributed by atoms with Crippen molar-refractivity contribution < 1.29 is 0 Å². The van der Waals surface area contributed by atoms with Gasteiger partial charge in [-0.2, -0.15) is 5.10 Å². The van der Waals surface area contributed by atoms with Crippen molar-refractivity contribution in [1.29, 1.82) is 0 Å². The molecule has 2 heterocycles. The Balaban J connectivity index is 1.43. The number of fused-ring (bicyclic) bond motifs is 1. The van der Waals surface area contributed by atoms with E-state index in [1.807, 2.05) is 0 Å². The summed E-state index contributed by atoms with van der Waals surface area (Å²) in [5.41, 5.74) is 0. The van der Waals surface area contributed by atoms with Gasteiger partial charge in [-0.25, -0.2) is 4.98 Å². The van der Waals surface area contributed by atoms with Crippen molar-refractivity contribution in [3.8, 4) is 0 Å². The lowest BCUT2D eigenvalue weighted by molar-refractivity contribution is 0.173. The molecule has 3 atom stereocenters. The van der Waals surface area contributed by atoms with E-state index in [2.05, 4.69) is 15.5 Å². The number of nitrogens with one attached hydrogen (secondary N) is 2. The minimum atomic E-state index is 0.411. The van der Waals surface area contributed by atoms with E-state index in [0.29, 0.717) is 12.0 Å². The van der Waals surface area contributed by atoms with Crippen molar-refractivity contribution >= 4 is 0 Å². The lowest BCUT2D eigenvalue weighted by Crippen LogP contribution is -2.45. The van der Waals surface area contributed by atoms with Crippen LogP contribution in [0, 0.1) is 5.92 Å². The van der Waals surface area contributed by atoms with Crippen molar-refractivity contribution in [3.05, 3.63) is 11.6 Å². The predicted molar refractivity (Wildman–Crippen MR) is 83.1 cm³/mol. The number of H-pyrrole nitrogens is 1. The number of nitrogens with zero attached hydrogens (tertiary/aromatic N) is 2. The monoisotopic (exact) mass is 288 g/mol. The van der Waals surface area contributed by atoms with E-state index in [1.165, 1.54) is 70.6 Å². The Kier molecular flexibility index (Phi) is 3.97. The van der Waals surface area contributed by atoms with E-state index in [1.54, 1.807) is 0 Å². The Morgan fingerprint density at radius 2 is 1.62 bits per heavy atom. The summed E-state index contributed by atoms with van der Waals surface area (Å²) < 4.78 is 0. The molecule has 4 nitrogen and oxygen atoms in total. The van der Waals surface area contributed by atoms with Gasteiger partial charge >= 0.3 is 0 Å². The molecule has 4 rings (SSSR count). The topological polar surface area (TPSA) is 53.6 Å². The van der Waals surface area contributed by atoms with Crippen LogP contribution in [-0.4, -0.2) is 21.2 Å². The first-order chi connectivity index (χ1) is 10.4. The maximum absolute atomic E-state index is 4.87. The Labute approximate surface area is 127 Å². The third-order valence-electron chi connectivity index (χ3n) is 5.97. The second kappa shape index (κ2) is 6.07. The van der Waals surface area contributed by atoms with Crippen LogP contribution in [0.4, 0.5) is 0 Å². The highest BCUT2D eigenvalue weighted by Gasteiger charge is 2.33. The smallest absolute Gasteiger partial charge is 0.153 e. The first-order valence-electron chi connectivity index (χ1n) is 9.08. The molecule has 0 aromatic carbocycles. The molecule has 2 saturated carbocycles. The van der Waals surface area contributed by atoms with E-state index >= 15 is 0 Å². The van der Waals surface area contributed by atoms with Crippen LogP contribution in [0.2, 0.25) is 0 Å². The average molecular weight is 288 g/mol. The fourth-order valence-corrected chi connectivity index (χ4v) is 4.70. The van der Waals surface area contributed by atoms with E-state index in [9.17, 15) is 0 Å². The van der Waals surface area contributed by atoms with Crippen LogP contribution in [-0.2, 0) is 0 Å². The van der Waals surface area contributed by atoms with E-state index in [4.69, 9.17) is 4.98 Å². The fraction of sp³-hybridized carbons (Fsp3) is 0.882. The molecule has 116 valence electrons. The molecule has 0 bridgehead atoms. The molecule has 1 aromatic heterocycles. The van der Waals surface area contributed by atoms with Crippen molar-refractivity contribution in [1.82, 2.24) is 20.5 Å². The normalized spacial score (nSPS) is 34.6. The van der Waals surface area contributed by atoms with E-state index < -0.39 is 0 Å². The molecule has 0 amide bonds. The lowest BCUT2D eigenvalue weighted by Gasteiger charge is -2.39. The average Bonchev–Trinajstić information content (AvgIpc) is 3.05. The van der Waals surface area contributed by atoms with Gasteiger partial charge in [-0.1, -0.05) is 32.1 Å². The zero-order valence-electron chi connectivity index (χ0n) is 13.0. The van der Waals surface area contributed by atoms with Crippen LogP contribution < -0.4 is 5.32 Å². The second-order valence-corrected chi connectivity index (χ2v) is 7.36. The van der Waals surface area contributed by atoms with Gasteiger partial charge < -0.3 is 5.32 Å². The van der Waals surface area contributed by atoms with Crippen molar-refractivity contribution in [2.45, 2.75) is 88.6 Å². The first-order valence-corrected chi connectivity index (χ1v) is 9.08. The van der Waals surface area contributed by atoms with Crippen LogP contribution in [0.5, 0.6) is 0 Å². The SMILES string of the molecule is C1CCC(c2n[nH]c(C3CCC4CCCCC4N3)n2)CC1. The van der Waals surface area contributed by atoms with Gasteiger partial charge in [0.05, 0.1) is 6.04 Å². The Morgan fingerprint density at radius 1 is 0.810 bits per heavy atom. The van der Waals surface area contributed by atoms with Gasteiger partial charge in [-0.3, -0.25) is 5.10 Å². The van der Waals surface area contributed by atoms with E-state index in [-0.39, 0.29) is 0 Å². The van der Waals surface area contributed by atoms with Gasteiger partial charge in [0, 0.05) is 12.0 Å². The number of piperidine rings is 1.